The Hall–Kier alpha value is -12.9. The smallest absolute Gasteiger partial charge is 0.0462 e. The van der Waals surface area contributed by atoms with Crippen LogP contribution in [0.2, 0.25) is 0 Å². The van der Waals surface area contributed by atoms with Gasteiger partial charge in [0.05, 0.1) is 0 Å². The molecule has 0 amide bonds. The first-order valence-electron chi connectivity index (χ1n) is 33.8. The first-order chi connectivity index (χ1) is 48.5. The average molecular weight is 1240 g/mol. The summed E-state index contributed by atoms with van der Waals surface area (Å²) in [5, 5.41) is 22.9. The lowest BCUT2D eigenvalue weighted by Crippen LogP contribution is -2.10. The van der Waals surface area contributed by atoms with Crippen LogP contribution in [0.5, 0.6) is 0 Å². The maximum Gasteiger partial charge on any atom is 0.0462 e. The number of rotatable bonds is 11. The summed E-state index contributed by atoms with van der Waals surface area (Å²) in [6, 6.07) is 139. The summed E-state index contributed by atoms with van der Waals surface area (Å²) in [4.78, 5) is 4.68. The molecule has 0 saturated heterocycles. The molecule has 2 heteroatoms. The Bertz CT molecular complexity index is 6320. The van der Waals surface area contributed by atoms with Gasteiger partial charge < -0.3 is 9.80 Å². The zero-order valence-electron chi connectivity index (χ0n) is 53.7. The zero-order chi connectivity index (χ0) is 64.6. The van der Waals surface area contributed by atoms with Crippen LogP contribution in [-0.2, 0) is 0 Å². The summed E-state index contributed by atoms with van der Waals surface area (Å²) in [6.07, 6.45) is 0. The van der Waals surface area contributed by atoms with E-state index < -0.39 is 0 Å². The molecule has 19 rings (SSSR count). The second-order valence-corrected chi connectivity index (χ2v) is 26.0. The highest BCUT2D eigenvalue weighted by Gasteiger charge is 2.18. The molecule has 0 heterocycles. The standard InChI is InChI=1S/C96H62N2/c1-3-13-81(14-4-1)97(85-46-33-65(34-47-85)70-21-23-74-59-76(26-25-72(74)57-70)78-40-50-89-80(61-78)41-54-94-92(89)56-55-91-88-18-10-8-11-67(88)37-52-93(91)94)83-42-29-63(30-43-83)64-31-44-84(45-32-64)98(82-15-5-2-6-16-82)86-48-35-66(36-49-86)71-22-24-75-60-77(28-27-73(75)58-71)79-20-19-69-39-51-90-87-17-9-7-12-68(87)38-53-95(90)96(69)62-79/h1-62H. The normalized spacial score (nSPS) is 11.7. The lowest BCUT2D eigenvalue weighted by Gasteiger charge is -2.26. The van der Waals surface area contributed by atoms with Gasteiger partial charge in [0.1, 0.15) is 0 Å². The molecule has 0 saturated carbocycles. The van der Waals surface area contributed by atoms with Gasteiger partial charge in [0.25, 0.3) is 0 Å². The minimum absolute atomic E-state index is 1.09. The summed E-state index contributed by atoms with van der Waals surface area (Å²) in [6.45, 7) is 0. The molecule has 0 fully saturated rings. The highest BCUT2D eigenvalue weighted by molar-refractivity contribution is 6.23. The number of hydrogen-bond donors (Lipinski definition) is 0. The number of para-hydroxylation sites is 2. The molecular weight excluding hydrogens is 1180 g/mol. The Morgan fingerprint density at radius 2 is 0.327 bits per heavy atom. The summed E-state index contributed by atoms with van der Waals surface area (Å²) < 4.78 is 0. The van der Waals surface area contributed by atoms with Gasteiger partial charge >= 0.3 is 0 Å². The summed E-state index contributed by atoms with van der Waals surface area (Å²) in [5.41, 5.74) is 18.5. The predicted octanol–water partition coefficient (Wildman–Crippen LogP) is 27.3. The van der Waals surface area contributed by atoms with E-state index in [0.717, 1.165) is 45.3 Å². The van der Waals surface area contributed by atoms with E-state index in [1.807, 2.05) is 0 Å². The molecule has 456 valence electrons. The number of fused-ring (bicyclic) bond motifs is 14. The summed E-state index contributed by atoms with van der Waals surface area (Å²) in [5.74, 6) is 0. The predicted molar refractivity (Wildman–Crippen MR) is 421 cm³/mol. The van der Waals surface area contributed by atoms with Crippen molar-refractivity contribution in [3.8, 4) is 55.6 Å². The molecular formula is C96H62N2. The molecule has 0 N–H and O–H groups in total. The van der Waals surface area contributed by atoms with E-state index in [4.69, 9.17) is 0 Å². The molecule has 2 nitrogen and oxygen atoms in total. The van der Waals surface area contributed by atoms with E-state index in [1.165, 1.54) is 141 Å². The van der Waals surface area contributed by atoms with Gasteiger partial charge in [-0.2, -0.15) is 0 Å². The highest BCUT2D eigenvalue weighted by atomic mass is 15.1. The maximum atomic E-state index is 2.37. The van der Waals surface area contributed by atoms with Gasteiger partial charge in [0, 0.05) is 34.1 Å². The Labute approximate surface area is 569 Å². The SMILES string of the molecule is c1ccc(N(c2ccc(-c3ccc(N(c4ccccc4)c4ccc(-c5ccc6cc(-c7ccc8ccc9c%10ccccc%10ccc9c8c7)ccc6c5)cc4)cc3)cc2)c2ccc(-c3ccc4cc(-c5ccc6c(ccc7c6ccc6c8ccccc8ccc67)c5)ccc4c3)cc2)cc1. The molecule has 0 aliphatic rings. The molecule has 0 atom stereocenters. The van der Waals surface area contributed by atoms with Crippen molar-refractivity contribution in [2.75, 3.05) is 9.80 Å². The largest absolute Gasteiger partial charge is 0.311 e. The van der Waals surface area contributed by atoms with Crippen molar-refractivity contribution in [1.82, 2.24) is 0 Å². The van der Waals surface area contributed by atoms with E-state index in [0.29, 0.717) is 0 Å². The first kappa shape index (κ1) is 56.6. The van der Waals surface area contributed by atoms with E-state index >= 15 is 0 Å². The van der Waals surface area contributed by atoms with E-state index in [9.17, 15) is 0 Å². The van der Waals surface area contributed by atoms with Gasteiger partial charge in [-0.25, -0.2) is 0 Å². The van der Waals surface area contributed by atoms with Gasteiger partial charge in [-0.3, -0.25) is 0 Å². The highest BCUT2D eigenvalue weighted by Crippen LogP contribution is 2.43. The van der Waals surface area contributed by atoms with E-state index in [2.05, 4.69) is 386 Å². The average Bonchev–Trinajstić information content (AvgIpc) is 0.766. The lowest BCUT2D eigenvalue weighted by atomic mass is 9.92. The number of anilines is 6. The molecule has 0 aromatic heterocycles. The van der Waals surface area contributed by atoms with Gasteiger partial charge in [0.15, 0.2) is 0 Å². The molecule has 0 aliphatic heterocycles. The Morgan fingerprint density at radius 1 is 0.112 bits per heavy atom. The third-order valence-electron chi connectivity index (χ3n) is 20.4. The second-order valence-electron chi connectivity index (χ2n) is 26.0. The van der Waals surface area contributed by atoms with Crippen LogP contribution < -0.4 is 9.80 Å². The monoisotopic (exact) mass is 1240 g/mol. The van der Waals surface area contributed by atoms with Crippen molar-refractivity contribution >= 4 is 131 Å². The third kappa shape index (κ3) is 10.1. The molecule has 0 radical (unpaired) electrons. The topological polar surface area (TPSA) is 6.48 Å². The van der Waals surface area contributed by atoms with Gasteiger partial charge in [-0.05, 0) is 262 Å². The van der Waals surface area contributed by atoms with Crippen LogP contribution in [0.25, 0.3) is 153 Å². The molecule has 98 heavy (non-hydrogen) atoms. The van der Waals surface area contributed by atoms with Crippen LogP contribution in [0.15, 0.2) is 376 Å². The van der Waals surface area contributed by atoms with Crippen molar-refractivity contribution in [1.29, 1.82) is 0 Å². The molecule has 0 spiro atoms. The van der Waals surface area contributed by atoms with Crippen LogP contribution in [0, 0.1) is 0 Å². The van der Waals surface area contributed by atoms with Crippen LogP contribution in [0.3, 0.4) is 0 Å². The van der Waals surface area contributed by atoms with Crippen LogP contribution in [0.1, 0.15) is 0 Å². The summed E-state index contributed by atoms with van der Waals surface area (Å²) in [7, 11) is 0. The van der Waals surface area contributed by atoms with Crippen molar-refractivity contribution in [3.05, 3.63) is 376 Å². The fourth-order valence-electron chi connectivity index (χ4n) is 15.3. The maximum absolute atomic E-state index is 2.37. The minimum Gasteiger partial charge on any atom is -0.311 e. The van der Waals surface area contributed by atoms with Crippen LogP contribution in [-0.4, -0.2) is 0 Å². The molecule has 19 aromatic carbocycles. The zero-order valence-corrected chi connectivity index (χ0v) is 53.7. The number of nitrogens with zero attached hydrogens (tertiary/aromatic N) is 2. The number of benzene rings is 19. The third-order valence-corrected chi connectivity index (χ3v) is 20.4. The van der Waals surface area contributed by atoms with Crippen molar-refractivity contribution in [3.63, 3.8) is 0 Å². The van der Waals surface area contributed by atoms with Crippen molar-refractivity contribution in [2.24, 2.45) is 0 Å². The lowest BCUT2D eigenvalue weighted by molar-refractivity contribution is 1.28. The van der Waals surface area contributed by atoms with Crippen molar-refractivity contribution < 1.29 is 0 Å². The molecule has 0 unspecified atom stereocenters. The Balaban J connectivity index is 0.551. The van der Waals surface area contributed by atoms with Crippen molar-refractivity contribution in [2.45, 2.75) is 0 Å². The van der Waals surface area contributed by atoms with Crippen LogP contribution >= 0.6 is 0 Å². The molecule has 0 bridgehead atoms. The van der Waals surface area contributed by atoms with E-state index in [-0.39, 0.29) is 0 Å². The van der Waals surface area contributed by atoms with Gasteiger partial charge in [-0.1, -0.05) is 267 Å². The van der Waals surface area contributed by atoms with Gasteiger partial charge in [0.2, 0.25) is 0 Å². The number of hydrogen-bond acceptors (Lipinski definition) is 2. The summed E-state index contributed by atoms with van der Waals surface area (Å²) >= 11 is 0. The van der Waals surface area contributed by atoms with E-state index in [1.54, 1.807) is 0 Å². The quantitative estimate of drug-likeness (QED) is 0.119. The van der Waals surface area contributed by atoms with Crippen LogP contribution in [0.4, 0.5) is 34.1 Å². The molecule has 0 aliphatic carbocycles. The first-order valence-corrected chi connectivity index (χ1v) is 33.8. The minimum atomic E-state index is 1.09. The fourth-order valence-corrected chi connectivity index (χ4v) is 15.3. The van der Waals surface area contributed by atoms with Gasteiger partial charge in [-0.15, -0.1) is 0 Å². The Kier molecular flexibility index (Phi) is 13.6. The Morgan fingerprint density at radius 3 is 0.724 bits per heavy atom. The second kappa shape index (κ2) is 23.5. The fraction of sp³-hybridized carbons (Fsp3) is 0. The molecule has 19 aromatic rings.